The number of aliphatic hydroxyl groups excluding tert-OH is 1. The number of hydrogen-bond donors (Lipinski definition) is 2. The van der Waals surface area contributed by atoms with Crippen molar-refractivity contribution in [2.24, 2.45) is 0 Å². The number of benzene rings is 2. The standard InChI is InChI=1S/C16H15F2NO2S/c1-10-2-3-11(9-20)8-14(10)19-15(21)12-4-6-13(7-5-12)22-16(17)18/h2-8,16,20H,9H2,1H3,(H,19,21). The summed E-state index contributed by atoms with van der Waals surface area (Å²) in [5, 5.41) is 11.9. The van der Waals surface area contributed by atoms with Gasteiger partial charge in [-0.15, -0.1) is 0 Å². The molecular formula is C16H15F2NO2S. The Balaban J connectivity index is 2.12. The van der Waals surface area contributed by atoms with Crippen LogP contribution in [0.5, 0.6) is 0 Å². The first-order valence-corrected chi connectivity index (χ1v) is 7.44. The summed E-state index contributed by atoms with van der Waals surface area (Å²) < 4.78 is 24.5. The molecule has 0 fully saturated rings. The van der Waals surface area contributed by atoms with E-state index in [-0.39, 0.29) is 12.5 Å². The zero-order valence-electron chi connectivity index (χ0n) is 11.8. The van der Waals surface area contributed by atoms with Gasteiger partial charge in [-0.3, -0.25) is 4.79 Å². The Hall–Kier alpha value is -1.92. The minimum Gasteiger partial charge on any atom is -0.392 e. The first-order chi connectivity index (χ1) is 10.5. The number of carbonyl (C=O) groups is 1. The second kappa shape index (κ2) is 7.38. The van der Waals surface area contributed by atoms with Gasteiger partial charge in [0.05, 0.1) is 6.61 Å². The van der Waals surface area contributed by atoms with Crippen LogP contribution < -0.4 is 5.32 Å². The molecule has 2 N–H and O–H groups in total. The lowest BCUT2D eigenvalue weighted by Crippen LogP contribution is -2.13. The molecule has 0 atom stereocenters. The van der Waals surface area contributed by atoms with E-state index in [1.54, 1.807) is 12.1 Å². The number of amides is 1. The van der Waals surface area contributed by atoms with Gasteiger partial charge < -0.3 is 10.4 Å². The van der Waals surface area contributed by atoms with Gasteiger partial charge >= 0.3 is 0 Å². The molecule has 0 heterocycles. The van der Waals surface area contributed by atoms with E-state index in [1.165, 1.54) is 24.3 Å². The molecule has 0 saturated carbocycles. The quantitative estimate of drug-likeness (QED) is 0.816. The van der Waals surface area contributed by atoms with Crippen LogP contribution in [0.4, 0.5) is 14.5 Å². The van der Waals surface area contributed by atoms with Gasteiger partial charge in [0, 0.05) is 16.1 Å². The average molecular weight is 323 g/mol. The highest BCUT2D eigenvalue weighted by molar-refractivity contribution is 7.99. The van der Waals surface area contributed by atoms with E-state index in [9.17, 15) is 13.6 Å². The van der Waals surface area contributed by atoms with Crippen molar-refractivity contribution in [1.29, 1.82) is 0 Å². The number of carbonyl (C=O) groups excluding carboxylic acids is 1. The van der Waals surface area contributed by atoms with Crippen LogP contribution in [0.15, 0.2) is 47.4 Å². The fraction of sp³-hybridized carbons (Fsp3) is 0.188. The fourth-order valence-corrected chi connectivity index (χ4v) is 2.38. The molecule has 0 saturated heterocycles. The summed E-state index contributed by atoms with van der Waals surface area (Å²) in [4.78, 5) is 12.6. The minimum absolute atomic E-state index is 0.108. The Morgan fingerprint density at radius 1 is 1.23 bits per heavy atom. The van der Waals surface area contributed by atoms with Crippen molar-refractivity contribution >= 4 is 23.4 Å². The molecule has 0 unspecified atom stereocenters. The molecule has 0 aliphatic heterocycles. The predicted molar refractivity (Wildman–Crippen MR) is 83.4 cm³/mol. The first kappa shape index (κ1) is 16.5. The molecule has 1 amide bonds. The van der Waals surface area contributed by atoms with E-state index in [1.807, 2.05) is 13.0 Å². The first-order valence-electron chi connectivity index (χ1n) is 6.56. The molecule has 0 spiro atoms. The lowest BCUT2D eigenvalue weighted by atomic mass is 10.1. The monoisotopic (exact) mass is 323 g/mol. The van der Waals surface area contributed by atoms with Gasteiger partial charge in [0.2, 0.25) is 0 Å². The summed E-state index contributed by atoms with van der Waals surface area (Å²) in [6.07, 6.45) is 0. The Bertz CT molecular complexity index is 660. The van der Waals surface area contributed by atoms with Crippen LogP contribution >= 0.6 is 11.8 Å². The van der Waals surface area contributed by atoms with Crippen molar-refractivity contribution in [3.8, 4) is 0 Å². The summed E-state index contributed by atoms with van der Waals surface area (Å²) in [7, 11) is 0. The van der Waals surface area contributed by atoms with E-state index >= 15 is 0 Å². The van der Waals surface area contributed by atoms with Crippen LogP contribution in [0.2, 0.25) is 0 Å². The number of nitrogens with one attached hydrogen (secondary N) is 1. The molecule has 2 aromatic rings. The molecule has 0 bridgehead atoms. The van der Waals surface area contributed by atoms with Crippen LogP contribution in [0.1, 0.15) is 21.5 Å². The molecule has 6 heteroatoms. The highest BCUT2D eigenvalue weighted by Gasteiger charge is 2.10. The van der Waals surface area contributed by atoms with Gasteiger partial charge in [0.15, 0.2) is 0 Å². The second-order valence-corrected chi connectivity index (χ2v) is 5.73. The molecule has 2 aromatic carbocycles. The Morgan fingerprint density at radius 3 is 2.50 bits per heavy atom. The molecule has 0 aliphatic rings. The van der Waals surface area contributed by atoms with Gasteiger partial charge in [-0.2, -0.15) is 8.78 Å². The van der Waals surface area contributed by atoms with Crippen LogP contribution in [0.3, 0.4) is 0 Å². The van der Waals surface area contributed by atoms with Crippen molar-refractivity contribution in [3.05, 3.63) is 59.2 Å². The number of aryl methyl sites for hydroxylation is 1. The van der Waals surface area contributed by atoms with E-state index in [4.69, 9.17) is 5.11 Å². The van der Waals surface area contributed by atoms with Gasteiger partial charge in [-0.25, -0.2) is 0 Å². The minimum atomic E-state index is -2.48. The van der Waals surface area contributed by atoms with Crippen molar-refractivity contribution in [2.45, 2.75) is 24.2 Å². The van der Waals surface area contributed by atoms with Crippen molar-refractivity contribution in [3.63, 3.8) is 0 Å². The zero-order valence-corrected chi connectivity index (χ0v) is 12.7. The van der Waals surface area contributed by atoms with E-state index in [0.717, 1.165) is 5.56 Å². The smallest absolute Gasteiger partial charge is 0.288 e. The van der Waals surface area contributed by atoms with Crippen LogP contribution in [-0.4, -0.2) is 16.8 Å². The number of hydrogen-bond acceptors (Lipinski definition) is 3. The maximum atomic E-state index is 12.2. The number of thioether (sulfide) groups is 1. The molecule has 0 aliphatic carbocycles. The van der Waals surface area contributed by atoms with Gasteiger partial charge in [-0.1, -0.05) is 23.9 Å². The normalized spacial score (nSPS) is 10.8. The summed E-state index contributed by atoms with van der Waals surface area (Å²) >= 11 is 0.437. The van der Waals surface area contributed by atoms with E-state index in [0.29, 0.717) is 33.5 Å². The molecule has 2 rings (SSSR count). The van der Waals surface area contributed by atoms with Crippen LogP contribution in [0, 0.1) is 6.92 Å². The molecule has 116 valence electrons. The number of anilines is 1. The summed E-state index contributed by atoms with van der Waals surface area (Å²) in [5.74, 6) is -2.81. The fourth-order valence-electron chi connectivity index (χ4n) is 1.88. The van der Waals surface area contributed by atoms with E-state index in [2.05, 4.69) is 5.32 Å². The Morgan fingerprint density at radius 2 is 1.91 bits per heavy atom. The molecule has 3 nitrogen and oxygen atoms in total. The van der Waals surface area contributed by atoms with Gasteiger partial charge in [-0.05, 0) is 48.4 Å². The van der Waals surface area contributed by atoms with Gasteiger partial charge in [0.1, 0.15) is 0 Å². The predicted octanol–water partition coefficient (Wildman–Crippen LogP) is 4.05. The number of halogens is 2. The topological polar surface area (TPSA) is 49.3 Å². The third kappa shape index (κ3) is 4.29. The lowest BCUT2D eigenvalue weighted by molar-refractivity contribution is 0.102. The van der Waals surface area contributed by atoms with Crippen LogP contribution in [-0.2, 0) is 6.61 Å². The summed E-state index contributed by atoms with van der Waals surface area (Å²) in [6, 6.07) is 11.3. The third-order valence-corrected chi connectivity index (χ3v) is 3.80. The summed E-state index contributed by atoms with van der Waals surface area (Å²) in [5.41, 5.74) is 2.56. The van der Waals surface area contributed by atoms with Crippen molar-refractivity contribution in [1.82, 2.24) is 0 Å². The van der Waals surface area contributed by atoms with Crippen molar-refractivity contribution < 1.29 is 18.7 Å². The second-order valence-electron chi connectivity index (χ2n) is 4.66. The molecule has 22 heavy (non-hydrogen) atoms. The largest absolute Gasteiger partial charge is 0.392 e. The number of rotatable bonds is 5. The van der Waals surface area contributed by atoms with Gasteiger partial charge in [0.25, 0.3) is 11.7 Å². The third-order valence-electron chi connectivity index (χ3n) is 3.07. The average Bonchev–Trinajstić information content (AvgIpc) is 2.49. The summed E-state index contributed by atoms with van der Waals surface area (Å²) in [6.45, 7) is 1.74. The molecular weight excluding hydrogens is 308 g/mol. The Kier molecular flexibility index (Phi) is 5.51. The maximum Gasteiger partial charge on any atom is 0.288 e. The maximum absolute atomic E-state index is 12.2. The zero-order chi connectivity index (χ0) is 16.1. The lowest BCUT2D eigenvalue weighted by Gasteiger charge is -2.10. The Labute approximate surface area is 131 Å². The number of alkyl halides is 2. The van der Waals surface area contributed by atoms with Crippen LogP contribution in [0.25, 0.3) is 0 Å². The molecule has 0 radical (unpaired) electrons. The van der Waals surface area contributed by atoms with E-state index < -0.39 is 5.76 Å². The SMILES string of the molecule is Cc1ccc(CO)cc1NC(=O)c1ccc(SC(F)F)cc1. The molecule has 0 aromatic heterocycles. The highest BCUT2D eigenvalue weighted by atomic mass is 32.2. The highest BCUT2D eigenvalue weighted by Crippen LogP contribution is 2.25. The van der Waals surface area contributed by atoms with Crippen molar-refractivity contribution in [2.75, 3.05) is 5.32 Å². The number of aliphatic hydroxyl groups is 1.